The monoisotopic (exact) mass is 324 g/mol. The van der Waals surface area contributed by atoms with Crippen LogP contribution < -0.4 is 5.32 Å². The molecule has 0 aliphatic rings. The lowest BCUT2D eigenvalue weighted by Gasteiger charge is -2.10. The number of ether oxygens (including phenoxy) is 1. The molecule has 0 bridgehead atoms. The summed E-state index contributed by atoms with van der Waals surface area (Å²) in [5.74, 6) is 0.810. The van der Waals surface area contributed by atoms with E-state index in [2.05, 4.69) is 20.3 Å². The molecule has 3 rings (SSSR count). The molecular formula is C18H17FN4O. The first-order chi connectivity index (χ1) is 11.8. The lowest BCUT2D eigenvalue weighted by atomic mass is 10.1. The van der Waals surface area contributed by atoms with Crippen molar-refractivity contribution in [1.82, 2.24) is 15.0 Å². The maximum absolute atomic E-state index is 14.1. The number of anilines is 1. The molecule has 0 unspecified atom stereocenters. The van der Waals surface area contributed by atoms with Gasteiger partial charge in [-0.05, 0) is 24.3 Å². The van der Waals surface area contributed by atoms with E-state index in [-0.39, 0.29) is 5.82 Å². The summed E-state index contributed by atoms with van der Waals surface area (Å²) in [5, 5.41) is 3.17. The second-order valence-corrected chi connectivity index (χ2v) is 5.10. The van der Waals surface area contributed by atoms with E-state index in [0.717, 1.165) is 5.56 Å². The predicted octanol–water partition coefficient (Wildman–Crippen LogP) is 3.40. The van der Waals surface area contributed by atoms with Crippen LogP contribution in [0.15, 0.2) is 54.9 Å². The molecule has 0 fully saturated rings. The third-order valence-corrected chi connectivity index (χ3v) is 3.43. The molecule has 0 atom stereocenters. The molecule has 3 aromatic rings. The van der Waals surface area contributed by atoms with Gasteiger partial charge in [-0.25, -0.2) is 14.4 Å². The molecule has 0 spiro atoms. The van der Waals surface area contributed by atoms with Crippen LogP contribution in [0.1, 0.15) is 0 Å². The minimum absolute atomic E-state index is 0.320. The summed E-state index contributed by atoms with van der Waals surface area (Å²) in [4.78, 5) is 13.0. The smallest absolute Gasteiger partial charge is 0.162 e. The zero-order valence-electron chi connectivity index (χ0n) is 13.2. The molecule has 0 saturated heterocycles. The summed E-state index contributed by atoms with van der Waals surface area (Å²) in [6.45, 7) is 1.14. The van der Waals surface area contributed by atoms with Crippen LogP contribution >= 0.6 is 0 Å². The average Bonchev–Trinajstić information content (AvgIpc) is 2.63. The molecule has 122 valence electrons. The highest BCUT2D eigenvalue weighted by atomic mass is 19.1. The van der Waals surface area contributed by atoms with E-state index in [1.54, 1.807) is 43.8 Å². The fourth-order valence-electron chi connectivity index (χ4n) is 2.26. The Morgan fingerprint density at radius 3 is 2.62 bits per heavy atom. The number of hydrogen-bond donors (Lipinski definition) is 1. The van der Waals surface area contributed by atoms with Gasteiger partial charge in [-0.3, -0.25) is 4.98 Å². The maximum Gasteiger partial charge on any atom is 0.162 e. The Labute approximate surface area is 139 Å². The number of hydrogen-bond acceptors (Lipinski definition) is 5. The zero-order valence-corrected chi connectivity index (χ0v) is 13.2. The van der Waals surface area contributed by atoms with Crippen LogP contribution in [-0.2, 0) is 4.74 Å². The molecule has 0 amide bonds. The molecule has 2 aromatic heterocycles. The second kappa shape index (κ2) is 7.61. The Morgan fingerprint density at radius 1 is 1.08 bits per heavy atom. The molecule has 0 aliphatic carbocycles. The van der Waals surface area contributed by atoms with Crippen molar-refractivity contribution in [3.8, 4) is 22.6 Å². The Kier molecular flexibility index (Phi) is 5.08. The SMILES string of the molecule is COCCNc1cc(-c2ccccc2F)nc(-c2ccncc2)n1. The lowest BCUT2D eigenvalue weighted by molar-refractivity contribution is 0.210. The molecule has 0 saturated carbocycles. The topological polar surface area (TPSA) is 59.9 Å². The molecule has 0 aliphatic heterocycles. The van der Waals surface area contributed by atoms with Gasteiger partial charge in [0.2, 0.25) is 0 Å². The van der Waals surface area contributed by atoms with Gasteiger partial charge in [0, 0.05) is 43.2 Å². The maximum atomic E-state index is 14.1. The van der Waals surface area contributed by atoms with Gasteiger partial charge in [0.15, 0.2) is 5.82 Å². The quantitative estimate of drug-likeness (QED) is 0.704. The summed E-state index contributed by atoms with van der Waals surface area (Å²) < 4.78 is 19.2. The van der Waals surface area contributed by atoms with E-state index in [1.165, 1.54) is 6.07 Å². The first-order valence-corrected chi connectivity index (χ1v) is 7.55. The first kappa shape index (κ1) is 16.0. The molecule has 1 N–H and O–H groups in total. The molecule has 24 heavy (non-hydrogen) atoms. The van der Waals surface area contributed by atoms with Crippen LogP contribution in [0, 0.1) is 5.82 Å². The normalized spacial score (nSPS) is 10.6. The molecular weight excluding hydrogens is 307 g/mol. The molecule has 0 radical (unpaired) electrons. The highest BCUT2D eigenvalue weighted by Gasteiger charge is 2.11. The Balaban J connectivity index is 2.04. The second-order valence-electron chi connectivity index (χ2n) is 5.10. The van der Waals surface area contributed by atoms with Crippen molar-refractivity contribution in [1.29, 1.82) is 0 Å². The number of pyridine rings is 1. The number of aromatic nitrogens is 3. The van der Waals surface area contributed by atoms with Crippen LogP contribution in [0.2, 0.25) is 0 Å². The van der Waals surface area contributed by atoms with Gasteiger partial charge in [0.25, 0.3) is 0 Å². The van der Waals surface area contributed by atoms with Crippen molar-refractivity contribution >= 4 is 5.82 Å². The van der Waals surface area contributed by atoms with E-state index in [1.807, 2.05) is 12.1 Å². The summed E-state index contributed by atoms with van der Waals surface area (Å²) >= 11 is 0. The van der Waals surface area contributed by atoms with Crippen molar-refractivity contribution in [2.24, 2.45) is 0 Å². The lowest BCUT2D eigenvalue weighted by Crippen LogP contribution is -2.10. The highest BCUT2D eigenvalue weighted by Crippen LogP contribution is 2.25. The standard InChI is InChI=1S/C18H17FN4O/c1-24-11-10-21-17-12-16(14-4-2-3-5-15(14)19)22-18(23-17)13-6-8-20-9-7-13/h2-9,12H,10-11H2,1H3,(H,21,22,23). The zero-order chi connectivity index (χ0) is 16.8. The van der Waals surface area contributed by atoms with E-state index < -0.39 is 0 Å². The first-order valence-electron chi connectivity index (χ1n) is 7.55. The predicted molar refractivity (Wildman–Crippen MR) is 91.0 cm³/mol. The van der Waals surface area contributed by atoms with E-state index in [4.69, 9.17) is 4.74 Å². The largest absolute Gasteiger partial charge is 0.383 e. The molecule has 6 heteroatoms. The fraction of sp³-hybridized carbons (Fsp3) is 0.167. The average molecular weight is 324 g/mol. The van der Waals surface area contributed by atoms with Gasteiger partial charge in [-0.1, -0.05) is 12.1 Å². The number of methoxy groups -OCH3 is 1. The van der Waals surface area contributed by atoms with Crippen molar-refractivity contribution in [3.05, 3.63) is 60.7 Å². The third kappa shape index (κ3) is 3.72. The summed E-state index contributed by atoms with van der Waals surface area (Å²) in [6.07, 6.45) is 3.35. The summed E-state index contributed by atoms with van der Waals surface area (Å²) in [7, 11) is 1.63. The van der Waals surface area contributed by atoms with E-state index >= 15 is 0 Å². The fourth-order valence-corrected chi connectivity index (χ4v) is 2.26. The summed E-state index contributed by atoms with van der Waals surface area (Å²) in [5.41, 5.74) is 1.78. The number of benzene rings is 1. The van der Waals surface area contributed by atoms with Crippen LogP contribution in [0.25, 0.3) is 22.6 Å². The van der Waals surface area contributed by atoms with Crippen LogP contribution in [-0.4, -0.2) is 35.2 Å². The van der Waals surface area contributed by atoms with E-state index in [9.17, 15) is 4.39 Å². The molecule has 2 heterocycles. The van der Waals surface area contributed by atoms with Gasteiger partial charge in [-0.15, -0.1) is 0 Å². The number of nitrogens with zero attached hydrogens (tertiary/aromatic N) is 3. The Hall–Kier alpha value is -2.86. The van der Waals surface area contributed by atoms with Gasteiger partial charge >= 0.3 is 0 Å². The molecule has 1 aromatic carbocycles. The number of halogens is 1. The third-order valence-electron chi connectivity index (χ3n) is 3.43. The van der Waals surface area contributed by atoms with Crippen LogP contribution in [0.3, 0.4) is 0 Å². The van der Waals surface area contributed by atoms with Gasteiger partial charge in [0.05, 0.1) is 12.3 Å². The molecule has 5 nitrogen and oxygen atoms in total. The van der Waals surface area contributed by atoms with Gasteiger partial charge < -0.3 is 10.1 Å². The van der Waals surface area contributed by atoms with Crippen molar-refractivity contribution in [3.63, 3.8) is 0 Å². The van der Waals surface area contributed by atoms with Crippen LogP contribution in [0.5, 0.6) is 0 Å². The number of rotatable bonds is 6. The van der Waals surface area contributed by atoms with Gasteiger partial charge in [0.1, 0.15) is 11.6 Å². The van der Waals surface area contributed by atoms with Crippen molar-refractivity contribution in [2.75, 3.05) is 25.6 Å². The Bertz CT molecular complexity index is 811. The van der Waals surface area contributed by atoms with E-state index in [0.29, 0.717) is 36.1 Å². The minimum atomic E-state index is -0.320. The van der Waals surface area contributed by atoms with Gasteiger partial charge in [-0.2, -0.15) is 0 Å². The minimum Gasteiger partial charge on any atom is -0.383 e. The highest BCUT2D eigenvalue weighted by molar-refractivity contribution is 5.67. The van der Waals surface area contributed by atoms with Crippen LogP contribution in [0.4, 0.5) is 10.2 Å². The van der Waals surface area contributed by atoms with Crippen molar-refractivity contribution < 1.29 is 9.13 Å². The number of nitrogens with one attached hydrogen (secondary N) is 1. The Morgan fingerprint density at radius 2 is 1.88 bits per heavy atom. The van der Waals surface area contributed by atoms with Crippen molar-refractivity contribution in [2.45, 2.75) is 0 Å². The summed E-state index contributed by atoms with van der Waals surface area (Å²) in [6, 6.07) is 11.9.